The molecule has 0 aliphatic rings. The van der Waals surface area contributed by atoms with Gasteiger partial charge in [0.25, 0.3) is 0 Å². The van der Waals surface area contributed by atoms with E-state index in [1.165, 1.54) is 26.0 Å². The van der Waals surface area contributed by atoms with Gasteiger partial charge in [0.1, 0.15) is 17.3 Å². The molecule has 0 unspecified atom stereocenters. The Bertz CT molecular complexity index is 427. The van der Waals surface area contributed by atoms with Gasteiger partial charge in [-0.1, -0.05) is 0 Å². The molecular formula is C13H15FO3. The van der Waals surface area contributed by atoms with E-state index in [9.17, 15) is 14.0 Å². The zero-order chi connectivity index (χ0) is 12.8. The summed E-state index contributed by atoms with van der Waals surface area (Å²) in [4.78, 5) is 21.7. The molecule has 0 N–H and O–H groups in total. The van der Waals surface area contributed by atoms with Crippen LogP contribution in [0.15, 0.2) is 18.2 Å². The molecule has 0 heterocycles. The minimum Gasteiger partial charge on any atom is -0.493 e. The molecule has 0 spiro atoms. The number of Topliss-reactive ketones (excluding diaryl/α,β-unsaturated/α-hetero) is 2. The Kier molecular flexibility index (Phi) is 4.82. The Morgan fingerprint density at radius 2 is 2.00 bits per heavy atom. The maximum atomic E-state index is 13.4. The van der Waals surface area contributed by atoms with Crippen LogP contribution in [0.4, 0.5) is 4.39 Å². The fourth-order valence-electron chi connectivity index (χ4n) is 1.38. The van der Waals surface area contributed by atoms with Gasteiger partial charge in [-0.25, -0.2) is 4.39 Å². The van der Waals surface area contributed by atoms with Gasteiger partial charge < -0.3 is 9.53 Å². The van der Waals surface area contributed by atoms with Crippen LogP contribution in [0.2, 0.25) is 0 Å². The third-order valence-corrected chi connectivity index (χ3v) is 2.26. The molecule has 0 saturated heterocycles. The van der Waals surface area contributed by atoms with E-state index in [4.69, 9.17) is 4.74 Å². The number of rotatable bonds is 6. The van der Waals surface area contributed by atoms with Crippen molar-refractivity contribution in [3.05, 3.63) is 29.6 Å². The monoisotopic (exact) mass is 238 g/mol. The van der Waals surface area contributed by atoms with Gasteiger partial charge in [-0.15, -0.1) is 0 Å². The van der Waals surface area contributed by atoms with Gasteiger partial charge in [-0.05, 0) is 32.4 Å². The number of carbonyl (C=O) groups is 2. The molecule has 0 saturated carbocycles. The van der Waals surface area contributed by atoms with Crippen LogP contribution in [0.1, 0.15) is 37.0 Å². The molecule has 0 aliphatic carbocycles. The number of benzene rings is 1. The maximum absolute atomic E-state index is 13.4. The normalized spacial score (nSPS) is 10.1. The minimum absolute atomic E-state index is 0.0566. The summed E-state index contributed by atoms with van der Waals surface area (Å²) in [6, 6.07) is 4.13. The second-order valence-electron chi connectivity index (χ2n) is 3.85. The van der Waals surface area contributed by atoms with Gasteiger partial charge in [0, 0.05) is 12.5 Å². The highest BCUT2D eigenvalue weighted by molar-refractivity contribution is 5.94. The smallest absolute Gasteiger partial charge is 0.162 e. The molecule has 0 aromatic heterocycles. The molecule has 0 aliphatic heterocycles. The molecular weight excluding hydrogens is 223 g/mol. The van der Waals surface area contributed by atoms with Gasteiger partial charge in [-0.3, -0.25) is 4.79 Å². The van der Waals surface area contributed by atoms with Crippen molar-refractivity contribution >= 4 is 11.6 Å². The van der Waals surface area contributed by atoms with E-state index in [1.807, 2.05) is 0 Å². The molecule has 1 aromatic rings. The number of hydrogen-bond acceptors (Lipinski definition) is 3. The van der Waals surface area contributed by atoms with E-state index in [0.29, 0.717) is 25.2 Å². The lowest BCUT2D eigenvalue weighted by atomic mass is 10.1. The average Bonchev–Trinajstić information content (AvgIpc) is 2.23. The second-order valence-corrected chi connectivity index (χ2v) is 3.85. The number of halogens is 1. The van der Waals surface area contributed by atoms with Crippen LogP contribution in [0.25, 0.3) is 0 Å². The molecule has 17 heavy (non-hydrogen) atoms. The molecule has 0 amide bonds. The predicted octanol–water partition coefficient (Wildman–Crippen LogP) is 2.78. The predicted molar refractivity (Wildman–Crippen MR) is 61.8 cm³/mol. The Hall–Kier alpha value is -1.71. The lowest BCUT2D eigenvalue weighted by molar-refractivity contribution is -0.117. The summed E-state index contributed by atoms with van der Waals surface area (Å²) in [7, 11) is 0. The van der Waals surface area contributed by atoms with Crippen LogP contribution in [0, 0.1) is 5.82 Å². The van der Waals surface area contributed by atoms with Gasteiger partial charge in [0.2, 0.25) is 0 Å². The number of ether oxygens (including phenoxy) is 1. The maximum Gasteiger partial charge on any atom is 0.162 e. The highest BCUT2D eigenvalue weighted by atomic mass is 19.1. The number of carbonyl (C=O) groups excluding carboxylic acids is 2. The summed E-state index contributed by atoms with van der Waals surface area (Å²) in [5.74, 6) is -0.421. The van der Waals surface area contributed by atoms with Crippen LogP contribution in [-0.4, -0.2) is 18.2 Å². The van der Waals surface area contributed by atoms with E-state index in [-0.39, 0.29) is 17.1 Å². The molecule has 1 aromatic carbocycles. The van der Waals surface area contributed by atoms with Crippen LogP contribution < -0.4 is 4.74 Å². The third kappa shape index (κ3) is 4.34. The summed E-state index contributed by atoms with van der Waals surface area (Å²) in [5.41, 5.74) is 0.0566. The molecule has 0 fully saturated rings. The van der Waals surface area contributed by atoms with E-state index in [0.717, 1.165) is 0 Å². The van der Waals surface area contributed by atoms with Crippen LogP contribution >= 0.6 is 0 Å². The first kappa shape index (κ1) is 13.4. The largest absolute Gasteiger partial charge is 0.493 e. The minimum atomic E-state index is -0.582. The van der Waals surface area contributed by atoms with E-state index < -0.39 is 5.82 Å². The van der Waals surface area contributed by atoms with E-state index >= 15 is 0 Å². The molecule has 0 bridgehead atoms. The summed E-state index contributed by atoms with van der Waals surface area (Å²) in [5, 5.41) is 0. The standard InChI is InChI=1S/C13H15FO3/c1-9(15)4-3-7-17-11-5-6-12(10(2)16)13(14)8-11/h5-6,8H,3-4,7H2,1-2H3. The first-order chi connectivity index (χ1) is 8.00. The van der Waals surface area contributed by atoms with E-state index in [1.54, 1.807) is 6.07 Å². The topological polar surface area (TPSA) is 43.4 Å². The fourth-order valence-corrected chi connectivity index (χ4v) is 1.38. The van der Waals surface area contributed by atoms with Gasteiger partial charge in [0.15, 0.2) is 5.78 Å². The number of ketones is 2. The average molecular weight is 238 g/mol. The fraction of sp³-hybridized carbons (Fsp3) is 0.385. The third-order valence-electron chi connectivity index (χ3n) is 2.26. The zero-order valence-electron chi connectivity index (χ0n) is 9.96. The van der Waals surface area contributed by atoms with Crippen molar-refractivity contribution in [2.45, 2.75) is 26.7 Å². The van der Waals surface area contributed by atoms with Crippen LogP contribution in [0.3, 0.4) is 0 Å². The second kappa shape index (κ2) is 6.13. The molecule has 1 rings (SSSR count). The van der Waals surface area contributed by atoms with Crippen molar-refractivity contribution in [3.63, 3.8) is 0 Å². The SMILES string of the molecule is CC(=O)CCCOc1ccc(C(C)=O)c(F)c1. The Morgan fingerprint density at radius 1 is 1.29 bits per heavy atom. The van der Waals surface area contributed by atoms with Crippen LogP contribution in [-0.2, 0) is 4.79 Å². The lowest BCUT2D eigenvalue weighted by Crippen LogP contribution is -2.02. The van der Waals surface area contributed by atoms with Crippen molar-refractivity contribution in [2.24, 2.45) is 0 Å². The summed E-state index contributed by atoms with van der Waals surface area (Å²) < 4.78 is 18.7. The Labute approximate surface area is 99.6 Å². The molecule has 0 radical (unpaired) electrons. The Morgan fingerprint density at radius 3 is 2.53 bits per heavy atom. The zero-order valence-corrected chi connectivity index (χ0v) is 9.96. The molecule has 0 atom stereocenters. The van der Waals surface area contributed by atoms with Crippen molar-refractivity contribution < 1.29 is 18.7 Å². The summed E-state index contributed by atoms with van der Waals surface area (Å²) in [6.07, 6.45) is 1.05. The van der Waals surface area contributed by atoms with Gasteiger partial charge in [-0.2, -0.15) is 0 Å². The van der Waals surface area contributed by atoms with Crippen molar-refractivity contribution in [3.8, 4) is 5.75 Å². The first-order valence-electron chi connectivity index (χ1n) is 5.43. The number of hydrogen-bond donors (Lipinski definition) is 0. The summed E-state index contributed by atoms with van der Waals surface area (Å²) in [6.45, 7) is 3.19. The molecule has 3 nitrogen and oxygen atoms in total. The first-order valence-corrected chi connectivity index (χ1v) is 5.43. The van der Waals surface area contributed by atoms with E-state index in [2.05, 4.69) is 0 Å². The highest BCUT2D eigenvalue weighted by Crippen LogP contribution is 2.17. The molecule has 4 heteroatoms. The van der Waals surface area contributed by atoms with Gasteiger partial charge >= 0.3 is 0 Å². The van der Waals surface area contributed by atoms with Crippen molar-refractivity contribution in [1.29, 1.82) is 0 Å². The lowest BCUT2D eigenvalue weighted by Gasteiger charge is -2.06. The molecule has 92 valence electrons. The van der Waals surface area contributed by atoms with Crippen LogP contribution in [0.5, 0.6) is 5.75 Å². The van der Waals surface area contributed by atoms with Gasteiger partial charge in [0.05, 0.1) is 12.2 Å². The summed E-state index contributed by atoms with van der Waals surface area (Å²) >= 11 is 0. The Balaban J connectivity index is 2.53. The van der Waals surface area contributed by atoms with Crippen molar-refractivity contribution in [2.75, 3.05) is 6.61 Å². The highest BCUT2D eigenvalue weighted by Gasteiger charge is 2.08. The van der Waals surface area contributed by atoms with Crippen molar-refractivity contribution in [1.82, 2.24) is 0 Å². The quantitative estimate of drug-likeness (QED) is 0.565.